The molecule has 15 heavy (non-hydrogen) atoms. The lowest BCUT2D eigenvalue weighted by atomic mass is 10.3. The summed E-state index contributed by atoms with van der Waals surface area (Å²) in [6.07, 6.45) is 0.516. The second-order valence-corrected chi connectivity index (χ2v) is 7.51. The first-order valence-corrected chi connectivity index (χ1v) is 7.63. The van der Waals surface area contributed by atoms with Crippen LogP contribution in [-0.4, -0.2) is 41.5 Å². The van der Waals surface area contributed by atoms with Gasteiger partial charge in [0, 0.05) is 5.75 Å². The van der Waals surface area contributed by atoms with Gasteiger partial charge in [0.1, 0.15) is 5.25 Å². The van der Waals surface area contributed by atoms with Gasteiger partial charge in [-0.25, -0.2) is 8.42 Å². The van der Waals surface area contributed by atoms with E-state index in [1.807, 2.05) is 0 Å². The summed E-state index contributed by atoms with van der Waals surface area (Å²) < 4.78 is 22.8. The Morgan fingerprint density at radius 3 is 2.27 bits per heavy atom. The molecule has 0 aliphatic rings. The molecule has 4 nitrogen and oxygen atoms in total. The van der Waals surface area contributed by atoms with E-state index in [4.69, 9.17) is 5.11 Å². The van der Waals surface area contributed by atoms with Crippen LogP contribution in [0.2, 0.25) is 0 Å². The molecule has 1 N–H and O–H groups in total. The molecular weight excluding hydrogens is 236 g/mol. The number of carboxylic acid groups (broad SMARTS) is 1. The van der Waals surface area contributed by atoms with Gasteiger partial charge in [-0.3, -0.25) is 4.79 Å². The second kappa shape index (κ2) is 6.37. The summed E-state index contributed by atoms with van der Waals surface area (Å²) in [4.78, 5) is 10.6. The second-order valence-electron chi connectivity index (χ2n) is 3.52. The Morgan fingerprint density at radius 1 is 1.40 bits per heavy atom. The van der Waals surface area contributed by atoms with E-state index in [2.05, 4.69) is 0 Å². The van der Waals surface area contributed by atoms with Crippen LogP contribution < -0.4 is 0 Å². The molecule has 0 saturated heterocycles. The van der Waals surface area contributed by atoms with Gasteiger partial charge in [0.05, 0.1) is 11.0 Å². The van der Waals surface area contributed by atoms with E-state index in [9.17, 15) is 13.2 Å². The van der Waals surface area contributed by atoms with E-state index in [1.54, 1.807) is 20.8 Å². The first-order valence-electron chi connectivity index (χ1n) is 4.87. The van der Waals surface area contributed by atoms with E-state index in [1.165, 1.54) is 11.8 Å². The maximum atomic E-state index is 11.4. The summed E-state index contributed by atoms with van der Waals surface area (Å²) >= 11 is 1.20. The number of carbonyl (C=O) groups is 1. The smallest absolute Gasteiger partial charge is 0.316 e. The molecule has 1 atom stereocenters. The number of thioether (sulfide) groups is 1. The molecule has 0 spiro atoms. The fourth-order valence-corrected chi connectivity index (χ4v) is 3.35. The standard InChI is InChI=1S/C9H18O4S2/c1-4-8(9(10)11)14-5-6-15(12,13)7(2)3/h7-8H,4-6H2,1-3H3,(H,10,11). The molecule has 0 aromatic carbocycles. The van der Waals surface area contributed by atoms with Crippen molar-refractivity contribution in [1.82, 2.24) is 0 Å². The molecule has 1 unspecified atom stereocenters. The van der Waals surface area contributed by atoms with Gasteiger partial charge in [-0.15, -0.1) is 11.8 Å². The molecule has 0 rings (SSSR count). The Labute approximate surface area is 95.4 Å². The van der Waals surface area contributed by atoms with Gasteiger partial charge >= 0.3 is 5.97 Å². The van der Waals surface area contributed by atoms with Crippen LogP contribution in [0, 0.1) is 0 Å². The van der Waals surface area contributed by atoms with Crippen LogP contribution in [0.5, 0.6) is 0 Å². The summed E-state index contributed by atoms with van der Waals surface area (Å²) in [5.74, 6) is -0.464. The number of rotatable bonds is 7. The first kappa shape index (κ1) is 14.8. The van der Waals surface area contributed by atoms with Crippen LogP contribution in [0.15, 0.2) is 0 Å². The van der Waals surface area contributed by atoms with Gasteiger partial charge in [-0.2, -0.15) is 0 Å². The van der Waals surface area contributed by atoms with Gasteiger partial charge in [0.25, 0.3) is 0 Å². The Morgan fingerprint density at radius 2 is 1.93 bits per heavy atom. The average Bonchev–Trinajstić information content (AvgIpc) is 2.11. The molecule has 0 saturated carbocycles. The molecule has 0 bridgehead atoms. The van der Waals surface area contributed by atoms with Crippen LogP contribution in [-0.2, 0) is 14.6 Å². The number of sulfone groups is 1. The summed E-state index contributed by atoms with van der Waals surface area (Å²) in [6.45, 7) is 5.05. The zero-order valence-corrected chi connectivity index (χ0v) is 10.9. The Kier molecular flexibility index (Phi) is 6.28. The van der Waals surface area contributed by atoms with E-state index in [0.717, 1.165) is 0 Å². The number of hydrogen-bond donors (Lipinski definition) is 1. The van der Waals surface area contributed by atoms with Crippen molar-refractivity contribution in [3.63, 3.8) is 0 Å². The quantitative estimate of drug-likeness (QED) is 0.743. The van der Waals surface area contributed by atoms with Crippen molar-refractivity contribution in [2.45, 2.75) is 37.7 Å². The molecular formula is C9H18O4S2. The lowest BCUT2D eigenvalue weighted by Gasteiger charge is -2.10. The molecule has 0 fully saturated rings. The molecule has 0 radical (unpaired) electrons. The summed E-state index contributed by atoms with van der Waals surface area (Å²) in [6, 6.07) is 0. The van der Waals surface area contributed by atoms with E-state index in [-0.39, 0.29) is 11.0 Å². The van der Waals surface area contributed by atoms with E-state index >= 15 is 0 Å². The number of hydrogen-bond acceptors (Lipinski definition) is 4. The molecule has 0 aliphatic heterocycles. The molecule has 6 heteroatoms. The minimum absolute atomic E-state index is 0.0547. The predicted molar refractivity (Wildman–Crippen MR) is 63.1 cm³/mol. The third kappa shape index (κ3) is 5.41. The topological polar surface area (TPSA) is 71.4 Å². The largest absolute Gasteiger partial charge is 0.480 e. The maximum Gasteiger partial charge on any atom is 0.316 e. The molecule has 90 valence electrons. The van der Waals surface area contributed by atoms with E-state index < -0.39 is 21.1 Å². The van der Waals surface area contributed by atoms with Gasteiger partial charge in [0.2, 0.25) is 0 Å². The fraction of sp³-hybridized carbons (Fsp3) is 0.889. The monoisotopic (exact) mass is 254 g/mol. The summed E-state index contributed by atoms with van der Waals surface area (Å²) in [5.41, 5.74) is 0. The van der Waals surface area contributed by atoms with Crippen LogP contribution in [0.3, 0.4) is 0 Å². The van der Waals surface area contributed by atoms with Crippen molar-refractivity contribution >= 4 is 27.6 Å². The van der Waals surface area contributed by atoms with Crippen LogP contribution >= 0.6 is 11.8 Å². The molecule has 0 amide bonds. The minimum Gasteiger partial charge on any atom is -0.480 e. The predicted octanol–water partition coefficient (Wildman–Crippen LogP) is 1.41. The van der Waals surface area contributed by atoms with Gasteiger partial charge in [-0.05, 0) is 20.3 Å². The number of aliphatic carboxylic acids is 1. The van der Waals surface area contributed by atoms with Crippen molar-refractivity contribution in [2.24, 2.45) is 0 Å². The van der Waals surface area contributed by atoms with Crippen LogP contribution in [0.1, 0.15) is 27.2 Å². The van der Waals surface area contributed by atoms with Crippen molar-refractivity contribution in [1.29, 1.82) is 0 Å². The highest BCUT2D eigenvalue weighted by atomic mass is 32.2. The van der Waals surface area contributed by atoms with Crippen molar-refractivity contribution in [3.8, 4) is 0 Å². The SMILES string of the molecule is CCC(SCCS(=O)(=O)C(C)C)C(=O)O. The van der Waals surface area contributed by atoms with Crippen molar-refractivity contribution in [2.75, 3.05) is 11.5 Å². The summed E-state index contributed by atoms with van der Waals surface area (Å²) in [5, 5.41) is 7.86. The van der Waals surface area contributed by atoms with Crippen molar-refractivity contribution < 1.29 is 18.3 Å². The Balaban J connectivity index is 4.04. The third-order valence-corrected chi connectivity index (χ3v) is 5.90. The minimum atomic E-state index is -3.04. The Bertz CT molecular complexity index is 295. The molecule has 0 aromatic heterocycles. The maximum absolute atomic E-state index is 11.4. The highest BCUT2D eigenvalue weighted by Crippen LogP contribution is 2.16. The third-order valence-electron chi connectivity index (χ3n) is 2.05. The summed E-state index contributed by atoms with van der Waals surface area (Å²) in [7, 11) is -3.04. The average molecular weight is 254 g/mol. The van der Waals surface area contributed by atoms with Gasteiger partial charge < -0.3 is 5.11 Å². The lowest BCUT2D eigenvalue weighted by molar-refractivity contribution is -0.136. The molecule has 0 aliphatic carbocycles. The van der Waals surface area contributed by atoms with Gasteiger partial charge in [0.15, 0.2) is 9.84 Å². The highest BCUT2D eigenvalue weighted by molar-refractivity contribution is 8.01. The van der Waals surface area contributed by atoms with E-state index in [0.29, 0.717) is 12.2 Å². The molecule has 0 heterocycles. The molecule has 0 aromatic rings. The van der Waals surface area contributed by atoms with Gasteiger partial charge in [-0.1, -0.05) is 6.92 Å². The zero-order chi connectivity index (χ0) is 12.1. The number of carboxylic acids is 1. The van der Waals surface area contributed by atoms with Crippen molar-refractivity contribution in [3.05, 3.63) is 0 Å². The first-order chi connectivity index (χ1) is 6.81. The Hall–Kier alpha value is -0.230. The fourth-order valence-electron chi connectivity index (χ4n) is 0.906. The van der Waals surface area contributed by atoms with Crippen LogP contribution in [0.25, 0.3) is 0 Å². The highest BCUT2D eigenvalue weighted by Gasteiger charge is 2.19. The van der Waals surface area contributed by atoms with Crippen LogP contribution in [0.4, 0.5) is 0 Å². The zero-order valence-electron chi connectivity index (χ0n) is 9.26. The normalized spacial score (nSPS) is 14.1. The lowest BCUT2D eigenvalue weighted by Crippen LogP contribution is -2.22.